The van der Waals surface area contributed by atoms with Gasteiger partial charge in [0.15, 0.2) is 0 Å². The molecular weight excluding hydrogens is 168 g/mol. The van der Waals surface area contributed by atoms with E-state index in [4.69, 9.17) is 5.11 Å². The van der Waals surface area contributed by atoms with Crippen molar-refractivity contribution in [3.05, 3.63) is 0 Å². The molecule has 1 aliphatic rings. The lowest BCUT2D eigenvalue weighted by Crippen LogP contribution is -2.43. The van der Waals surface area contributed by atoms with Crippen molar-refractivity contribution in [2.45, 2.75) is 44.8 Å². The Bertz CT molecular complexity index is 162. The minimum Gasteiger partial charge on any atom is -0.396 e. The van der Waals surface area contributed by atoms with Crippen molar-refractivity contribution in [1.82, 2.24) is 0 Å². The Morgan fingerprint density at radius 3 is 2.31 bits per heavy atom. The molecule has 3 N–H and O–H groups in total. The van der Waals surface area contributed by atoms with Gasteiger partial charge in [-0.15, -0.1) is 0 Å². The zero-order chi connectivity index (χ0) is 10.1. The molecule has 1 rings (SSSR count). The Labute approximate surface area is 79.4 Å². The summed E-state index contributed by atoms with van der Waals surface area (Å²) in [7, 11) is 0. The monoisotopic (exact) mass is 188 g/mol. The Morgan fingerprint density at radius 1 is 1.31 bits per heavy atom. The lowest BCUT2D eigenvalue weighted by Gasteiger charge is -2.39. The van der Waals surface area contributed by atoms with E-state index < -0.39 is 11.7 Å². The SMILES string of the molecule is CC(C)(O)[C@@H]1CC[C@@H](CO)C[C@@H]1O. The van der Waals surface area contributed by atoms with E-state index in [0.29, 0.717) is 6.42 Å². The maximum atomic E-state index is 9.75. The first-order valence-corrected chi connectivity index (χ1v) is 4.96. The van der Waals surface area contributed by atoms with Gasteiger partial charge in [0.2, 0.25) is 0 Å². The molecule has 0 aromatic heterocycles. The van der Waals surface area contributed by atoms with Crippen molar-refractivity contribution in [3.63, 3.8) is 0 Å². The third-order valence-corrected chi connectivity index (χ3v) is 3.09. The fourth-order valence-electron chi connectivity index (χ4n) is 2.22. The van der Waals surface area contributed by atoms with Gasteiger partial charge in [-0.25, -0.2) is 0 Å². The Balaban J connectivity index is 2.53. The van der Waals surface area contributed by atoms with Crippen LogP contribution in [-0.4, -0.2) is 33.6 Å². The fraction of sp³-hybridized carbons (Fsp3) is 1.00. The molecule has 13 heavy (non-hydrogen) atoms. The second kappa shape index (κ2) is 3.95. The predicted molar refractivity (Wildman–Crippen MR) is 50.2 cm³/mol. The Kier molecular flexibility index (Phi) is 3.33. The first-order valence-electron chi connectivity index (χ1n) is 4.96. The molecule has 0 aliphatic heterocycles. The highest BCUT2D eigenvalue weighted by molar-refractivity contribution is 4.88. The smallest absolute Gasteiger partial charge is 0.0644 e. The minimum atomic E-state index is -0.806. The average molecular weight is 188 g/mol. The number of aliphatic hydroxyl groups is 3. The van der Waals surface area contributed by atoms with Gasteiger partial charge < -0.3 is 15.3 Å². The number of hydrogen-bond donors (Lipinski definition) is 3. The van der Waals surface area contributed by atoms with Crippen molar-refractivity contribution in [2.24, 2.45) is 11.8 Å². The van der Waals surface area contributed by atoms with Gasteiger partial charge in [-0.1, -0.05) is 0 Å². The van der Waals surface area contributed by atoms with Gasteiger partial charge in [-0.05, 0) is 39.0 Å². The zero-order valence-corrected chi connectivity index (χ0v) is 8.40. The highest BCUT2D eigenvalue weighted by Crippen LogP contribution is 2.35. The number of aliphatic hydroxyl groups excluding tert-OH is 2. The fourth-order valence-corrected chi connectivity index (χ4v) is 2.22. The van der Waals surface area contributed by atoms with Crippen LogP contribution in [0.5, 0.6) is 0 Å². The largest absolute Gasteiger partial charge is 0.396 e. The van der Waals surface area contributed by atoms with Crippen molar-refractivity contribution in [1.29, 1.82) is 0 Å². The van der Waals surface area contributed by atoms with E-state index in [-0.39, 0.29) is 18.4 Å². The zero-order valence-electron chi connectivity index (χ0n) is 8.40. The highest BCUT2D eigenvalue weighted by Gasteiger charge is 2.37. The quantitative estimate of drug-likeness (QED) is 0.592. The summed E-state index contributed by atoms with van der Waals surface area (Å²) in [5.74, 6) is 0.170. The molecule has 3 heteroatoms. The van der Waals surface area contributed by atoms with E-state index in [0.717, 1.165) is 12.8 Å². The van der Waals surface area contributed by atoms with Gasteiger partial charge in [0.25, 0.3) is 0 Å². The Hall–Kier alpha value is -0.120. The molecule has 1 aliphatic carbocycles. The minimum absolute atomic E-state index is 0.0460. The molecule has 0 aromatic carbocycles. The molecular formula is C10H20O3. The van der Waals surface area contributed by atoms with E-state index in [9.17, 15) is 10.2 Å². The molecule has 0 heterocycles. The van der Waals surface area contributed by atoms with Crippen LogP contribution >= 0.6 is 0 Å². The molecule has 3 nitrogen and oxygen atoms in total. The molecule has 0 unspecified atom stereocenters. The number of rotatable bonds is 2. The molecule has 0 radical (unpaired) electrons. The molecule has 0 aromatic rings. The van der Waals surface area contributed by atoms with Gasteiger partial charge in [0, 0.05) is 12.5 Å². The first kappa shape index (κ1) is 11.0. The lowest BCUT2D eigenvalue weighted by atomic mass is 9.73. The van der Waals surface area contributed by atoms with Crippen LogP contribution in [0.1, 0.15) is 33.1 Å². The van der Waals surface area contributed by atoms with Crippen LogP contribution in [0.15, 0.2) is 0 Å². The van der Waals surface area contributed by atoms with E-state index in [1.165, 1.54) is 0 Å². The standard InChI is InChI=1S/C10H20O3/c1-10(2,13)8-4-3-7(6-11)5-9(8)12/h7-9,11-13H,3-6H2,1-2H3/t7-,8-,9+/m1/s1. The van der Waals surface area contributed by atoms with Crippen LogP contribution in [-0.2, 0) is 0 Å². The maximum Gasteiger partial charge on any atom is 0.0644 e. The molecule has 3 atom stereocenters. The Morgan fingerprint density at radius 2 is 1.92 bits per heavy atom. The van der Waals surface area contributed by atoms with Crippen LogP contribution in [0.25, 0.3) is 0 Å². The molecule has 1 fully saturated rings. The topological polar surface area (TPSA) is 60.7 Å². The summed E-state index contributed by atoms with van der Waals surface area (Å²) in [4.78, 5) is 0. The summed E-state index contributed by atoms with van der Waals surface area (Å²) < 4.78 is 0. The van der Waals surface area contributed by atoms with Crippen LogP contribution in [0.2, 0.25) is 0 Å². The third-order valence-electron chi connectivity index (χ3n) is 3.09. The summed E-state index contributed by atoms with van der Waals surface area (Å²) in [5, 5.41) is 28.4. The van der Waals surface area contributed by atoms with Gasteiger partial charge in [0.1, 0.15) is 0 Å². The van der Waals surface area contributed by atoms with Gasteiger partial charge in [-0.2, -0.15) is 0 Å². The van der Waals surface area contributed by atoms with Crippen molar-refractivity contribution in [2.75, 3.05) is 6.61 Å². The van der Waals surface area contributed by atoms with E-state index in [1.54, 1.807) is 13.8 Å². The highest BCUT2D eigenvalue weighted by atomic mass is 16.3. The van der Waals surface area contributed by atoms with Crippen molar-refractivity contribution < 1.29 is 15.3 Å². The van der Waals surface area contributed by atoms with E-state index >= 15 is 0 Å². The molecule has 0 bridgehead atoms. The lowest BCUT2D eigenvalue weighted by molar-refractivity contribution is -0.0788. The van der Waals surface area contributed by atoms with Crippen LogP contribution in [0.4, 0.5) is 0 Å². The van der Waals surface area contributed by atoms with Gasteiger partial charge in [0.05, 0.1) is 11.7 Å². The normalized spacial score (nSPS) is 36.2. The van der Waals surface area contributed by atoms with Gasteiger partial charge in [-0.3, -0.25) is 0 Å². The second-order valence-corrected chi connectivity index (χ2v) is 4.69. The summed E-state index contributed by atoms with van der Waals surface area (Å²) >= 11 is 0. The van der Waals surface area contributed by atoms with Crippen LogP contribution in [0.3, 0.4) is 0 Å². The molecule has 0 saturated heterocycles. The van der Waals surface area contributed by atoms with E-state index in [2.05, 4.69) is 0 Å². The average Bonchev–Trinajstić information content (AvgIpc) is 2.01. The maximum absolute atomic E-state index is 9.75. The van der Waals surface area contributed by atoms with Gasteiger partial charge >= 0.3 is 0 Å². The van der Waals surface area contributed by atoms with Crippen molar-refractivity contribution >= 4 is 0 Å². The molecule has 0 amide bonds. The third kappa shape index (κ3) is 2.66. The van der Waals surface area contributed by atoms with Crippen molar-refractivity contribution in [3.8, 4) is 0 Å². The van der Waals surface area contributed by atoms with Crippen LogP contribution < -0.4 is 0 Å². The summed E-state index contributed by atoms with van der Waals surface area (Å²) in [6, 6.07) is 0. The predicted octanol–water partition coefficient (Wildman–Crippen LogP) is 0.527. The summed E-state index contributed by atoms with van der Waals surface area (Å²) in [6.07, 6.45) is 1.86. The number of hydrogen-bond acceptors (Lipinski definition) is 3. The summed E-state index contributed by atoms with van der Waals surface area (Å²) in [6.45, 7) is 3.62. The summed E-state index contributed by atoms with van der Waals surface area (Å²) in [5.41, 5.74) is -0.806. The van der Waals surface area contributed by atoms with Crippen LogP contribution in [0, 0.1) is 11.8 Å². The first-order chi connectivity index (χ1) is 5.95. The molecule has 1 saturated carbocycles. The molecule has 0 spiro atoms. The van der Waals surface area contributed by atoms with E-state index in [1.807, 2.05) is 0 Å². The molecule has 78 valence electrons. The second-order valence-electron chi connectivity index (χ2n) is 4.69.